The molecule has 0 aliphatic carbocycles. The first-order valence-corrected chi connectivity index (χ1v) is 10.2. The van der Waals surface area contributed by atoms with Crippen molar-refractivity contribution in [2.75, 3.05) is 19.6 Å². The van der Waals surface area contributed by atoms with Crippen molar-refractivity contribution in [2.45, 2.75) is 96.8 Å². The number of carboxylic acid groups (broad SMARTS) is 2. The molecule has 0 saturated heterocycles. The molecule has 0 aromatic carbocycles. The first kappa shape index (κ1) is 23.9. The van der Waals surface area contributed by atoms with Gasteiger partial charge in [-0.05, 0) is 51.7 Å². The fourth-order valence-corrected chi connectivity index (χ4v) is 3.05. The maximum absolute atomic E-state index is 10.5. The van der Waals surface area contributed by atoms with E-state index in [4.69, 9.17) is 0 Å². The number of hydrogen-bond acceptors (Lipinski definition) is 5. The van der Waals surface area contributed by atoms with Crippen LogP contribution < -0.4 is 10.2 Å². The molecule has 0 aromatic heterocycles. The number of rotatable bonds is 19. The van der Waals surface area contributed by atoms with Gasteiger partial charge in [0.25, 0.3) is 0 Å². The molecule has 0 saturated carbocycles. The molecule has 0 N–H and O–H groups in total. The van der Waals surface area contributed by atoms with E-state index in [1.165, 1.54) is 57.8 Å². The third-order valence-electron chi connectivity index (χ3n) is 4.54. The molecule has 25 heavy (non-hydrogen) atoms. The highest BCUT2D eigenvalue weighted by atomic mass is 16.4. The average Bonchev–Trinajstić information content (AvgIpc) is 2.55. The lowest BCUT2D eigenvalue weighted by Gasteiger charge is -2.22. The minimum absolute atomic E-state index is 0.0645. The largest absolute Gasteiger partial charge is 0.550 e. The Morgan fingerprint density at radius 1 is 0.600 bits per heavy atom. The quantitative estimate of drug-likeness (QED) is 0.332. The van der Waals surface area contributed by atoms with Crippen LogP contribution in [0.5, 0.6) is 0 Å². The number of carbonyl (C=O) groups excluding carboxylic acids is 2. The van der Waals surface area contributed by atoms with Crippen molar-refractivity contribution in [3.05, 3.63) is 0 Å². The third kappa shape index (κ3) is 19.1. The molecule has 0 heterocycles. The van der Waals surface area contributed by atoms with E-state index < -0.39 is 11.9 Å². The van der Waals surface area contributed by atoms with Crippen LogP contribution in [0, 0.1) is 0 Å². The number of nitrogens with zero attached hydrogens (tertiary/aromatic N) is 1. The average molecular weight is 356 g/mol. The summed E-state index contributed by atoms with van der Waals surface area (Å²) < 4.78 is 0. The predicted octanol–water partition coefficient (Wildman–Crippen LogP) is 2.27. The molecule has 0 atom stereocenters. The Labute approximate surface area is 153 Å². The molecule has 0 aromatic rings. The van der Waals surface area contributed by atoms with E-state index in [1.54, 1.807) is 0 Å². The topological polar surface area (TPSA) is 83.5 Å². The van der Waals surface area contributed by atoms with Crippen LogP contribution in [0.4, 0.5) is 0 Å². The smallest absolute Gasteiger partial charge is 0.0414 e. The van der Waals surface area contributed by atoms with E-state index in [9.17, 15) is 19.8 Å². The fourth-order valence-electron chi connectivity index (χ4n) is 3.05. The van der Waals surface area contributed by atoms with Gasteiger partial charge in [0, 0.05) is 11.9 Å². The molecule has 0 spiro atoms. The van der Waals surface area contributed by atoms with Crippen molar-refractivity contribution < 1.29 is 19.8 Å². The van der Waals surface area contributed by atoms with Crippen LogP contribution in [0.1, 0.15) is 96.8 Å². The number of unbranched alkanes of at least 4 members (excludes halogenated alkanes) is 9. The Kier molecular flexibility index (Phi) is 16.9. The van der Waals surface area contributed by atoms with Gasteiger partial charge in [0.15, 0.2) is 0 Å². The molecule has 0 fully saturated rings. The molecule has 0 aliphatic heterocycles. The summed E-state index contributed by atoms with van der Waals surface area (Å²) in [4.78, 5) is 23.2. The Balaban J connectivity index is 3.70. The van der Waals surface area contributed by atoms with Crippen LogP contribution in [-0.4, -0.2) is 36.5 Å². The van der Waals surface area contributed by atoms with Crippen LogP contribution >= 0.6 is 0 Å². The van der Waals surface area contributed by atoms with Gasteiger partial charge in [0.1, 0.15) is 0 Å². The second-order valence-electron chi connectivity index (χ2n) is 6.97. The van der Waals surface area contributed by atoms with Crippen molar-refractivity contribution in [3.63, 3.8) is 0 Å². The molecule has 0 amide bonds. The Morgan fingerprint density at radius 3 is 1.36 bits per heavy atom. The SMILES string of the molecule is CCCCCCCCCCCCN(CCCC(=O)[O-])CCCC(=O)[O-]. The second-order valence-corrected chi connectivity index (χ2v) is 6.97. The van der Waals surface area contributed by atoms with Crippen molar-refractivity contribution in [2.24, 2.45) is 0 Å². The van der Waals surface area contributed by atoms with E-state index >= 15 is 0 Å². The molecule has 148 valence electrons. The predicted molar refractivity (Wildman–Crippen MR) is 96.8 cm³/mol. The Morgan fingerprint density at radius 2 is 0.960 bits per heavy atom. The maximum atomic E-state index is 10.5. The summed E-state index contributed by atoms with van der Waals surface area (Å²) >= 11 is 0. The van der Waals surface area contributed by atoms with Gasteiger partial charge in [0.2, 0.25) is 0 Å². The number of carboxylic acids is 2. The van der Waals surface area contributed by atoms with Crippen LogP contribution in [-0.2, 0) is 9.59 Å². The van der Waals surface area contributed by atoms with Gasteiger partial charge in [-0.3, -0.25) is 0 Å². The lowest BCUT2D eigenvalue weighted by molar-refractivity contribution is -0.307. The van der Waals surface area contributed by atoms with E-state index in [0.717, 1.165) is 13.0 Å². The summed E-state index contributed by atoms with van der Waals surface area (Å²) in [5, 5.41) is 21.0. The van der Waals surface area contributed by atoms with E-state index in [1.807, 2.05) is 0 Å². The van der Waals surface area contributed by atoms with Crippen molar-refractivity contribution in [1.82, 2.24) is 4.90 Å². The zero-order valence-electron chi connectivity index (χ0n) is 16.1. The van der Waals surface area contributed by atoms with Crippen LogP contribution in [0.3, 0.4) is 0 Å². The monoisotopic (exact) mass is 355 g/mol. The molecule has 0 bridgehead atoms. The third-order valence-corrected chi connectivity index (χ3v) is 4.54. The molecule has 0 aliphatic rings. The highest BCUT2D eigenvalue weighted by molar-refractivity contribution is 5.64. The van der Waals surface area contributed by atoms with Gasteiger partial charge >= 0.3 is 0 Å². The van der Waals surface area contributed by atoms with Crippen LogP contribution in [0.25, 0.3) is 0 Å². The lowest BCUT2D eigenvalue weighted by Crippen LogP contribution is -2.31. The fraction of sp³-hybridized carbons (Fsp3) is 0.900. The van der Waals surface area contributed by atoms with E-state index in [-0.39, 0.29) is 12.8 Å². The van der Waals surface area contributed by atoms with Crippen molar-refractivity contribution in [3.8, 4) is 0 Å². The van der Waals surface area contributed by atoms with E-state index in [0.29, 0.717) is 25.9 Å². The van der Waals surface area contributed by atoms with Crippen LogP contribution in [0.15, 0.2) is 0 Å². The first-order chi connectivity index (χ1) is 12.1. The number of hydrogen-bond donors (Lipinski definition) is 0. The standard InChI is InChI=1S/C20H39NO4/c1-2-3-4-5-6-7-8-9-10-11-16-21(17-12-14-19(22)23)18-13-15-20(24)25/h2-18H2,1H3,(H,22,23)(H,24,25)/p-2. The number of aliphatic carboxylic acids is 2. The molecule has 0 radical (unpaired) electrons. The summed E-state index contributed by atoms with van der Waals surface area (Å²) in [5.41, 5.74) is 0. The van der Waals surface area contributed by atoms with Gasteiger partial charge in [0.05, 0.1) is 0 Å². The highest BCUT2D eigenvalue weighted by Crippen LogP contribution is 2.11. The van der Waals surface area contributed by atoms with Crippen molar-refractivity contribution in [1.29, 1.82) is 0 Å². The summed E-state index contributed by atoms with van der Waals surface area (Å²) in [5.74, 6) is -2.04. The van der Waals surface area contributed by atoms with Gasteiger partial charge in [-0.15, -0.1) is 0 Å². The lowest BCUT2D eigenvalue weighted by atomic mass is 10.1. The second kappa shape index (κ2) is 17.7. The van der Waals surface area contributed by atoms with Gasteiger partial charge < -0.3 is 24.7 Å². The Hall–Kier alpha value is -1.10. The zero-order valence-corrected chi connectivity index (χ0v) is 16.1. The van der Waals surface area contributed by atoms with Gasteiger partial charge in [-0.2, -0.15) is 0 Å². The normalized spacial score (nSPS) is 11.1. The maximum Gasteiger partial charge on any atom is 0.0414 e. The highest BCUT2D eigenvalue weighted by Gasteiger charge is 2.05. The van der Waals surface area contributed by atoms with Crippen LogP contribution in [0.2, 0.25) is 0 Å². The summed E-state index contributed by atoms with van der Waals surface area (Å²) in [6.45, 7) is 4.54. The molecule has 0 rings (SSSR count). The van der Waals surface area contributed by atoms with Gasteiger partial charge in [-0.1, -0.05) is 64.7 Å². The number of carbonyl (C=O) groups is 2. The minimum atomic E-state index is -1.02. The van der Waals surface area contributed by atoms with Crippen molar-refractivity contribution >= 4 is 11.9 Å². The Bertz CT molecular complexity index is 314. The van der Waals surface area contributed by atoms with E-state index in [2.05, 4.69) is 11.8 Å². The minimum Gasteiger partial charge on any atom is -0.550 e. The molecule has 0 unspecified atom stereocenters. The first-order valence-electron chi connectivity index (χ1n) is 10.2. The summed E-state index contributed by atoms with van der Waals surface area (Å²) in [6.07, 6.45) is 14.1. The van der Waals surface area contributed by atoms with Gasteiger partial charge in [-0.25, -0.2) is 0 Å². The molecular weight excluding hydrogens is 318 g/mol. The summed E-state index contributed by atoms with van der Waals surface area (Å²) in [7, 11) is 0. The molecular formula is C20H37NO4-2. The molecule has 5 nitrogen and oxygen atoms in total. The molecule has 5 heteroatoms. The summed E-state index contributed by atoms with van der Waals surface area (Å²) in [6, 6.07) is 0. The zero-order chi connectivity index (χ0) is 18.8.